The van der Waals surface area contributed by atoms with Crippen LogP contribution in [0.4, 0.5) is 0 Å². The lowest BCUT2D eigenvalue weighted by atomic mass is 9.78. The zero-order valence-electron chi connectivity index (χ0n) is 12.7. The van der Waals surface area contributed by atoms with Crippen molar-refractivity contribution in [2.45, 2.75) is 38.1 Å². The van der Waals surface area contributed by atoms with Gasteiger partial charge in [-0.3, -0.25) is 4.99 Å². The summed E-state index contributed by atoms with van der Waals surface area (Å²) >= 11 is 0. The molecule has 0 fully saturated rings. The van der Waals surface area contributed by atoms with Crippen molar-refractivity contribution < 1.29 is 0 Å². The molecule has 0 aromatic heterocycles. The van der Waals surface area contributed by atoms with E-state index in [4.69, 9.17) is 4.99 Å². The Kier molecular flexibility index (Phi) is 2.95. The van der Waals surface area contributed by atoms with Crippen LogP contribution in [0.25, 0.3) is 0 Å². The molecule has 1 nitrogen and oxygen atoms in total. The van der Waals surface area contributed by atoms with Gasteiger partial charge in [-0.1, -0.05) is 62.4 Å². The Bertz CT molecular complexity index is 700. The summed E-state index contributed by atoms with van der Waals surface area (Å²) < 4.78 is 0. The topological polar surface area (TPSA) is 12.4 Å². The van der Waals surface area contributed by atoms with Crippen molar-refractivity contribution in [2.75, 3.05) is 0 Å². The predicted molar refractivity (Wildman–Crippen MR) is 88.3 cm³/mol. The quantitative estimate of drug-likeness (QED) is 0.711. The summed E-state index contributed by atoms with van der Waals surface area (Å²) in [5, 5.41) is 0. The van der Waals surface area contributed by atoms with Crippen molar-refractivity contribution in [3.8, 4) is 0 Å². The summed E-state index contributed by atoms with van der Waals surface area (Å²) in [6, 6.07) is 18.2. The molecule has 2 aromatic rings. The van der Waals surface area contributed by atoms with Gasteiger partial charge in [0.2, 0.25) is 0 Å². The SMILES string of the molecule is CCC1/N=C\c2ccccc2C2c3ccccc3C1C2C. The molecule has 1 heterocycles. The standard InChI is InChI=1S/C20H21N/c1-3-18-20-13(2)19(16-10-6-7-11-17(16)20)15-9-5-4-8-14(15)12-21-18/h4-13,18-20H,3H2,1-2H3/b21-12-. The van der Waals surface area contributed by atoms with Gasteiger partial charge in [0.1, 0.15) is 0 Å². The van der Waals surface area contributed by atoms with Gasteiger partial charge in [-0.15, -0.1) is 0 Å². The van der Waals surface area contributed by atoms with Gasteiger partial charge >= 0.3 is 0 Å². The lowest BCUT2D eigenvalue weighted by Crippen LogP contribution is -2.23. The van der Waals surface area contributed by atoms with E-state index in [0.717, 1.165) is 6.42 Å². The number of fused-ring (bicyclic) bond motifs is 7. The Morgan fingerprint density at radius 1 is 0.905 bits per heavy atom. The van der Waals surface area contributed by atoms with Crippen LogP contribution >= 0.6 is 0 Å². The van der Waals surface area contributed by atoms with Crippen LogP contribution in [0.3, 0.4) is 0 Å². The first-order valence-electron chi connectivity index (χ1n) is 8.02. The van der Waals surface area contributed by atoms with Crippen LogP contribution in [0.1, 0.15) is 54.4 Å². The maximum atomic E-state index is 4.95. The highest BCUT2D eigenvalue weighted by Gasteiger charge is 2.43. The highest BCUT2D eigenvalue weighted by molar-refractivity contribution is 5.83. The summed E-state index contributed by atoms with van der Waals surface area (Å²) in [6.07, 6.45) is 3.22. The molecule has 0 amide bonds. The molecule has 0 saturated carbocycles. The second kappa shape index (κ2) is 4.84. The van der Waals surface area contributed by atoms with E-state index in [-0.39, 0.29) is 0 Å². The molecule has 0 saturated heterocycles. The largest absolute Gasteiger partial charge is 0.289 e. The fourth-order valence-electron chi connectivity index (χ4n) is 4.42. The minimum Gasteiger partial charge on any atom is -0.289 e. The van der Waals surface area contributed by atoms with Crippen LogP contribution in [0, 0.1) is 5.92 Å². The third-order valence-corrected chi connectivity index (χ3v) is 5.35. The van der Waals surface area contributed by atoms with E-state index in [1.807, 2.05) is 0 Å². The highest BCUT2D eigenvalue weighted by Crippen LogP contribution is 2.53. The van der Waals surface area contributed by atoms with E-state index in [1.54, 1.807) is 0 Å². The number of benzene rings is 2. The lowest BCUT2D eigenvalue weighted by Gasteiger charge is -2.29. The maximum Gasteiger partial charge on any atom is 0.0568 e. The Labute approximate surface area is 126 Å². The third-order valence-electron chi connectivity index (χ3n) is 5.35. The number of rotatable bonds is 1. The highest BCUT2D eigenvalue weighted by atomic mass is 14.8. The summed E-state index contributed by atoms with van der Waals surface area (Å²) in [4.78, 5) is 4.95. The second-order valence-electron chi connectivity index (χ2n) is 6.37. The molecule has 0 spiro atoms. The van der Waals surface area contributed by atoms with Crippen LogP contribution in [-0.4, -0.2) is 12.3 Å². The van der Waals surface area contributed by atoms with Crippen molar-refractivity contribution in [3.63, 3.8) is 0 Å². The molecular weight excluding hydrogens is 254 g/mol. The van der Waals surface area contributed by atoms with Gasteiger partial charge in [0.25, 0.3) is 0 Å². The zero-order valence-corrected chi connectivity index (χ0v) is 12.7. The molecule has 4 unspecified atom stereocenters. The van der Waals surface area contributed by atoms with Gasteiger partial charge in [-0.05, 0) is 34.6 Å². The molecular formula is C20H21N. The van der Waals surface area contributed by atoms with Gasteiger partial charge < -0.3 is 0 Å². The van der Waals surface area contributed by atoms with Gasteiger partial charge in [0.05, 0.1) is 6.04 Å². The van der Waals surface area contributed by atoms with Crippen LogP contribution in [0.15, 0.2) is 53.5 Å². The molecule has 2 bridgehead atoms. The van der Waals surface area contributed by atoms with Crippen molar-refractivity contribution in [3.05, 3.63) is 70.8 Å². The molecule has 106 valence electrons. The van der Waals surface area contributed by atoms with E-state index >= 15 is 0 Å². The van der Waals surface area contributed by atoms with E-state index in [1.165, 1.54) is 22.3 Å². The monoisotopic (exact) mass is 275 g/mol. The Balaban J connectivity index is 2.01. The van der Waals surface area contributed by atoms with Crippen LogP contribution in [-0.2, 0) is 0 Å². The minimum atomic E-state index is 0.402. The van der Waals surface area contributed by atoms with Crippen molar-refractivity contribution >= 4 is 6.21 Å². The minimum absolute atomic E-state index is 0.402. The Hall–Kier alpha value is -1.89. The average Bonchev–Trinajstić information content (AvgIpc) is 2.83. The summed E-state index contributed by atoms with van der Waals surface area (Å²) in [5.41, 5.74) is 5.78. The van der Waals surface area contributed by atoms with E-state index in [0.29, 0.717) is 23.8 Å². The first-order chi connectivity index (χ1) is 10.3. The first kappa shape index (κ1) is 12.8. The lowest BCUT2D eigenvalue weighted by molar-refractivity contribution is 0.388. The number of hydrogen-bond donors (Lipinski definition) is 0. The van der Waals surface area contributed by atoms with Gasteiger partial charge in [-0.2, -0.15) is 0 Å². The second-order valence-corrected chi connectivity index (χ2v) is 6.37. The molecule has 4 atom stereocenters. The van der Waals surface area contributed by atoms with Gasteiger partial charge in [0, 0.05) is 18.1 Å². The first-order valence-corrected chi connectivity index (χ1v) is 8.02. The Morgan fingerprint density at radius 3 is 2.33 bits per heavy atom. The summed E-state index contributed by atoms with van der Waals surface area (Å²) in [6.45, 7) is 4.67. The van der Waals surface area contributed by atoms with Crippen LogP contribution in [0.2, 0.25) is 0 Å². The van der Waals surface area contributed by atoms with Gasteiger partial charge in [-0.25, -0.2) is 0 Å². The normalized spacial score (nSPS) is 31.0. The summed E-state index contributed by atoms with van der Waals surface area (Å²) in [5.74, 6) is 1.69. The van der Waals surface area contributed by atoms with Crippen molar-refractivity contribution in [1.29, 1.82) is 0 Å². The van der Waals surface area contributed by atoms with Crippen LogP contribution < -0.4 is 0 Å². The molecule has 2 aliphatic rings. The molecule has 1 aliphatic heterocycles. The molecule has 0 N–H and O–H groups in total. The van der Waals surface area contributed by atoms with E-state index in [2.05, 4.69) is 68.6 Å². The predicted octanol–water partition coefficient (Wildman–Crippen LogP) is 4.76. The molecule has 2 aromatic carbocycles. The zero-order chi connectivity index (χ0) is 14.4. The fourth-order valence-corrected chi connectivity index (χ4v) is 4.42. The number of aliphatic imine (C=N–C) groups is 1. The smallest absolute Gasteiger partial charge is 0.0568 e. The number of hydrogen-bond acceptors (Lipinski definition) is 1. The molecule has 1 heteroatoms. The fraction of sp³-hybridized carbons (Fsp3) is 0.350. The average molecular weight is 275 g/mol. The number of nitrogens with zero attached hydrogens (tertiary/aromatic N) is 1. The van der Waals surface area contributed by atoms with Crippen molar-refractivity contribution in [1.82, 2.24) is 0 Å². The van der Waals surface area contributed by atoms with Crippen molar-refractivity contribution in [2.24, 2.45) is 10.9 Å². The molecule has 0 radical (unpaired) electrons. The summed E-state index contributed by atoms with van der Waals surface area (Å²) in [7, 11) is 0. The van der Waals surface area contributed by atoms with E-state index < -0.39 is 0 Å². The van der Waals surface area contributed by atoms with E-state index in [9.17, 15) is 0 Å². The molecule has 1 aliphatic carbocycles. The molecule has 4 rings (SSSR count). The maximum absolute atomic E-state index is 4.95. The van der Waals surface area contributed by atoms with Gasteiger partial charge in [0.15, 0.2) is 0 Å². The van der Waals surface area contributed by atoms with Crippen LogP contribution in [0.5, 0.6) is 0 Å². The Morgan fingerprint density at radius 2 is 1.57 bits per heavy atom. The third kappa shape index (κ3) is 1.80. The molecule has 21 heavy (non-hydrogen) atoms.